The van der Waals surface area contributed by atoms with Crippen molar-refractivity contribution in [2.24, 2.45) is 0 Å². The van der Waals surface area contributed by atoms with Gasteiger partial charge in [-0.05, 0) is 55.3 Å². The van der Waals surface area contributed by atoms with Crippen molar-refractivity contribution in [2.75, 3.05) is 6.61 Å². The van der Waals surface area contributed by atoms with E-state index in [0.29, 0.717) is 35.0 Å². The third kappa shape index (κ3) is 3.93. The van der Waals surface area contributed by atoms with Gasteiger partial charge in [-0.1, -0.05) is 24.3 Å². The zero-order chi connectivity index (χ0) is 24.5. The van der Waals surface area contributed by atoms with Crippen molar-refractivity contribution in [3.8, 4) is 5.75 Å². The maximum absolute atomic E-state index is 13.4. The monoisotopic (exact) mass is 468 g/mol. The number of hydrogen-bond donors (Lipinski definition) is 1. The maximum Gasteiger partial charge on any atom is 0.295 e. The molecule has 0 spiro atoms. The van der Waals surface area contributed by atoms with Gasteiger partial charge >= 0.3 is 0 Å². The van der Waals surface area contributed by atoms with Crippen LogP contribution in [0.4, 0.5) is 0 Å². The molecule has 8 heteroatoms. The first kappa shape index (κ1) is 22.3. The summed E-state index contributed by atoms with van der Waals surface area (Å²) >= 11 is 0. The fourth-order valence-corrected chi connectivity index (χ4v) is 4.55. The van der Waals surface area contributed by atoms with E-state index in [9.17, 15) is 14.7 Å². The highest BCUT2D eigenvalue weighted by Gasteiger charge is 2.46. The number of carbonyl (C=O) groups is 2. The molecule has 1 aromatic carbocycles. The van der Waals surface area contributed by atoms with E-state index in [1.165, 1.54) is 4.90 Å². The molecule has 0 radical (unpaired) electrons. The van der Waals surface area contributed by atoms with Gasteiger partial charge in [-0.2, -0.15) is 0 Å². The number of Topliss-reactive ketones (excluding diaryl/α,β-unsaturated/α-hetero) is 1. The molecule has 4 heterocycles. The summed E-state index contributed by atoms with van der Waals surface area (Å²) in [6.45, 7) is 4.28. The Morgan fingerprint density at radius 2 is 1.97 bits per heavy atom. The van der Waals surface area contributed by atoms with Gasteiger partial charge in [-0.3, -0.25) is 19.0 Å². The molecule has 1 fully saturated rings. The van der Waals surface area contributed by atoms with Crippen molar-refractivity contribution in [3.05, 3.63) is 101 Å². The fraction of sp³-hybridized carbons (Fsp3) is 0.185. The Labute approximate surface area is 202 Å². The van der Waals surface area contributed by atoms with Gasteiger partial charge in [0.2, 0.25) is 0 Å². The first-order chi connectivity index (χ1) is 17.0. The molecule has 176 valence electrons. The predicted octanol–water partition coefficient (Wildman–Crippen LogP) is 4.06. The topological polar surface area (TPSA) is 97.0 Å². The second-order valence-electron chi connectivity index (χ2n) is 8.27. The number of aromatic nitrogens is 3. The second kappa shape index (κ2) is 9.06. The molecule has 3 aromatic heterocycles. The van der Waals surface area contributed by atoms with Gasteiger partial charge < -0.3 is 14.7 Å². The molecule has 1 unspecified atom stereocenters. The number of ketones is 1. The summed E-state index contributed by atoms with van der Waals surface area (Å²) in [5.41, 5.74) is 3.01. The van der Waals surface area contributed by atoms with Gasteiger partial charge in [-0.15, -0.1) is 0 Å². The van der Waals surface area contributed by atoms with E-state index >= 15 is 0 Å². The SMILES string of the molecule is CCOc1cccc(C2/C(=C(\O)c3c(C)nc4ccccn34)C(=O)C(=O)N2Cc2cccnc2)c1. The zero-order valence-electron chi connectivity index (χ0n) is 19.4. The van der Waals surface area contributed by atoms with Crippen molar-refractivity contribution in [2.45, 2.75) is 26.4 Å². The Hall–Kier alpha value is -4.46. The number of fused-ring (bicyclic) bond motifs is 1. The number of amides is 1. The van der Waals surface area contributed by atoms with Gasteiger partial charge in [0.05, 0.1) is 23.9 Å². The Kier molecular flexibility index (Phi) is 5.78. The van der Waals surface area contributed by atoms with Crippen LogP contribution in [0.25, 0.3) is 11.4 Å². The summed E-state index contributed by atoms with van der Waals surface area (Å²) in [5.74, 6) is -1.08. The lowest BCUT2D eigenvalue weighted by atomic mass is 9.96. The number of ether oxygens (including phenoxy) is 1. The van der Waals surface area contributed by atoms with Crippen LogP contribution in [0, 0.1) is 6.92 Å². The van der Waals surface area contributed by atoms with Gasteiger partial charge in [0, 0.05) is 25.1 Å². The molecular formula is C27H24N4O4. The van der Waals surface area contributed by atoms with Crippen LogP contribution in [0.15, 0.2) is 78.8 Å². The largest absolute Gasteiger partial charge is 0.505 e. The summed E-state index contributed by atoms with van der Waals surface area (Å²) in [5, 5.41) is 11.5. The van der Waals surface area contributed by atoms with Gasteiger partial charge in [0.1, 0.15) is 17.1 Å². The van der Waals surface area contributed by atoms with Crippen LogP contribution in [0.5, 0.6) is 5.75 Å². The highest BCUT2D eigenvalue weighted by atomic mass is 16.5. The second-order valence-corrected chi connectivity index (χ2v) is 8.27. The lowest BCUT2D eigenvalue weighted by molar-refractivity contribution is -0.140. The van der Waals surface area contributed by atoms with Crippen LogP contribution in [0.3, 0.4) is 0 Å². The van der Waals surface area contributed by atoms with Crippen molar-refractivity contribution in [3.63, 3.8) is 0 Å². The minimum absolute atomic E-state index is 0.0151. The minimum Gasteiger partial charge on any atom is -0.505 e. The Balaban J connectivity index is 1.71. The van der Waals surface area contributed by atoms with Gasteiger partial charge in [0.15, 0.2) is 5.76 Å². The highest BCUT2D eigenvalue weighted by molar-refractivity contribution is 6.46. The number of aryl methyl sites for hydroxylation is 1. The molecule has 1 aliphatic rings. The van der Waals surface area contributed by atoms with E-state index < -0.39 is 17.7 Å². The summed E-state index contributed by atoms with van der Waals surface area (Å²) < 4.78 is 7.38. The lowest BCUT2D eigenvalue weighted by Gasteiger charge is -2.25. The molecule has 1 N–H and O–H groups in total. The number of imidazole rings is 1. The van der Waals surface area contributed by atoms with Crippen LogP contribution in [-0.2, 0) is 16.1 Å². The maximum atomic E-state index is 13.4. The molecule has 0 aliphatic carbocycles. The fourth-order valence-electron chi connectivity index (χ4n) is 4.55. The molecule has 4 aromatic rings. The predicted molar refractivity (Wildman–Crippen MR) is 130 cm³/mol. The van der Waals surface area contributed by atoms with Crippen LogP contribution >= 0.6 is 0 Å². The van der Waals surface area contributed by atoms with Crippen LogP contribution in [0.2, 0.25) is 0 Å². The standard InChI is InChI=1S/C27H24N4O4/c1-3-35-20-10-6-9-19(14-20)24-22(25(32)23-17(2)29-21-11-4-5-13-30(21)23)26(33)27(34)31(24)16-18-8-7-12-28-15-18/h4-15,24,32H,3,16H2,1-2H3/b25-22+. The van der Waals surface area contributed by atoms with E-state index in [4.69, 9.17) is 4.74 Å². The molecule has 35 heavy (non-hydrogen) atoms. The average Bonchev–Trinajstić information content (AvgIpc) is 3.33. The Bertz CT molecular complexity index is 1460. The van der Waals surface area contributed by atoms with E-state index in [1.807, 2.05) is 49.4 Å². The molecule has 5 rings (SSSR count). The Morgan fingerprint density at radius 3 is 2.74 bits per heavy atom. The first-order valence-electron chi connectivity index (χ1n) is 11.3. The van der Waals surface area contributed by atoms with E-state index in [2.05, 4.69) is 9.97 Å². The first-order valence-corrected chi connectivity index (χ1v) is 11.3. The Morgan fingerprint density at radius 1 is 1.11 bits per heavy atom. The van der Waals surface area contributed by atoms with Crippen LogP contribution in [0.1, 0.15) is 35.5 Å². The number of rotatable bonds is 6. The third-order valence-corrected chi connectivity index (χ3v) is 6.03. The molecule has 1 aliphatic heterocycles. The summed E-state index contributed by atoms with van der Waals surface area (Å²) in [4.78, 5) is 36.8. The lowest BCUT2D eigenvalue weighted by Crippen LogP contribution is -2.29. The molecule has 1 saturated heterocycles. The molecule has 0 bridgehead atoms. The van der Waals surface area contributed by atoms with Crippen molar-refractivity contribution in [1.29, 1.82) is 0 Å². The van der Waals surface area contributed by atoms with E-state index in [0.717, 1.165) is 5.56 Å². The number of nitrogens with zero attached hydrogens (tertiary/aromatic N) is 4. The zero-order valence-corrected chi connectivity index (χ0v) is 19.4. The number of carbonyl (C=O) groups excluding carboxylic acids is 2. The smallest absolute Gasteiger partial charge is 0.295 e. The number of aliphatic hydroxyl groups is 1. The van der Waals surface area contributed by atoms with E-state index in [-0.39, 0.29) is 17.9 Å². The van der Waals surface area contributed by atoms with Gasteiger partial charge in [0.25, 0.3) is 11.7 Å². The van der Waals surface area contributed by atoms with E-state index in [1.54, 1.807) is 42.0 Å². The summed E-state index contributed by atoms with van der Waals surface area (Å²) in [7, 11) is 0. The van der Waals surface area contributed by atoms with Crippen molar-refractivity contribution in [1.82, 2.24) is 19.3 Å². The molecule has 1 amide bonds. The van der Waals surface area contributed by atoms with Crippen LogP contribution < -0.4 is 4.74 Å². The quantitative estimate of drug-likeness (QED) is 0.260. The third-order valence-electron chi connectivity index (χ3n) is 6.03. The number of hydrogen-bond acceptors (Lipinski definition) is 6. The van der Waals surface area contributed by atoms with Crippen molar-refractivity contribution >= 4 is 23.1 Å². The summed E-state index contributed by atoms with van der Waals surface area (Å²) in [6.07, 6.45) is 5.07. The summed E-state index contributed by atoms with van der Waals surface area (Å²) in [6, 6.07) is 15.5. The van der Waals surface area contributed by atoms with Crippen LogP contribution in [-0.4, -0.2) is 42.7 Å². The number of aliphatic hydroxyl groups excluding tert-OH is 1. The number of likely N-dealkylation sites (tertiary alicyclic amines) is 1. The number of pyridine rings is 2. The van der Waals surface area contributed by atoms with Gasteiger partial charge in [-0.25, -0.2) is 4.98 Å². The number of benzene rings is 1. The highest BCUT2D eigenvalue weighted by Crippen LogP contribution is 2.41. The molecule has 8 nitrogen and oxygen atoms in total. The molecule has 1 atom stereocenters. The van der Waals surface area contributed by atoms with Crippen molar-refractivity contribution < 1.29 is 19.4 Å². The normalized spacial score (nSPS) is 17.3. The average molecular weight is 469 g/mol. The molecule has 0 saturated carbocycles. The molecular weight excluding hydrogens is 444 g/mol. The minimum atomic E-state index is -0.815.